The van der Waals surface area contributed by atoms with Gasteiger partial charge in [-0.15, -0.1) is 0 Å². The van der Waals surface area contributed by atoms with Crippen LogP contribution >= 0.6 is 0 Å². The van der Waals surface area contributed by atoms with Crippen LogP contribution in [0, 0.1) is 0 Å². The topological polar surface area (TPSA) is 61.5 Å². The number of hydrogen-bond acceptors (Lipinski definition) is 4. The van der Waals surface area contributed by atoms with Crippen LogP contribution in [0.4, 0.5) is 4.39 Å². The molecule has 130 valence electrons. The summed E-state index contributed by atoms with van der Waals surface area (Å²) in [4.78, 5) is 11.4. The van der Waals surface area contributed by atoms with Crippen LogP contribution < -0.4 is 5.73 Å². The van der Waals surface area contributed by atoms with Gasteiger partial charge in [-0.1, -0.05) is 43.0 Å². The molecule has 0 radical (unpaired) electrons. The first kappa shape index (κ1) is 19.6. The lowest BCUT2D eigenvalue weighted by Gasteiger charge is -2.12. The Morgan fingerprint density at radius 1 is 1.29 bits per heavy atom. The lowest BCUT2D eigenvalue weighted by Crippen LogP contribution is -2.26. The zero-order chi connectivity index (χ0) is 17.9. The molecule has 0 unspecified atom stereocenters. The third-order valence-electron chi connectivity index (χ3n) is 3.19. The highest BCUT2D eigenvalue weighted by Crippen LogP contribution is 2.14. The molecule has 0 saturated heterocycles. The van der Waals surface area contributed by atoms with Crippen LogP contribution in [0.2, 0.25) is 0 Å². The molecule has 0 amide bonds. The number of allylic oxidation sites excluding steroid dienone is 2. The highest BCUT2D eigenvalue weighted by molar-refractivity contribution is 5.70. The monoisotopic (exact) mass is 333 g/mol. The van der Waals surface area contributed by atoms with E-state index in [1.54, 1.807) is 13.0 Å². The number of halogens is 1. The molecule has 0 aliphatic heterocycles. The average Bonchev–Trinajstić information content (AvgIpc) is 2.55. The molecule has 24 heavy (non-hydrogen) atoms. The van der Waals surface area contributed by atoms with Gasteiger partial charge in [-0.2, -0.15) is 0 Å². The Bertz CT molecular complexity index is 604. The van der Waals surface area contributed by atoms with Gasteiger partial charge in [0.2, 0.25) is 0 Å². The smallest absolute Gasteiger partial charge is 0.307 e. The first-order valence-electron chi connectivity index (χ1n) is 7.75. The van der Waals surface area contributed by atoms with Crippen LogP contribution in [0.1, 0.15) is 25.8 Å². The summed E-state index contributed by atoms with van der Waals surface area (Å²) in [6.45, 7) is 7.39. The van der Waals surface area contributed by atoms with E-state index in [4.69, 9.17) is 15.2 Å². The number of carbonyl (C=O) groups is 1. The van der Waals surface area contributed by atoms with E-state index in [1.165, 1.54) is 13.0 Å². The molecule has 0 bridgehead atoms. The molecule has 1 atom stereocenters. The first-order chi connectivity index (χ1) is 11.4. The fourth-order valence-electron chi connectivity index (χ4n) is 1.83. The summed E-state index contributed by atoms with van der Waals surface area (Å²) in [5, 5.41) is 0. The quantitative estimate of drug-likeness (QED) is 0.424. The van der Waals surface area contributed by atoms with E-state index in [0.717, 1.165) is 5.56 Å². The fraction of sp³-hybridized carbons (Fsp3) is 0.316. The van der Waals surface area contributed by atoms with E-state index < -0.39 is 17.8 Å². The molecule has 0 aliphatic carbocycles. The van der Waals surface area contributed by atoms with Crippen molar-refractivity contribution >= 4 is 5.97 Å². The predicted molar refractivity (Wildman–Crippen MR) is 92.5 cm³/mol. The van der Waals surface area contributed by atoms with Gasteiger partial charge in [0.1, 0.15) is 12.4 Å². The number of carbonyl (C=O) groups excluding carboxylic acids is 1. The summed E-state index contributed by atoms with van der Waals surface area (Å²) >= 11 is 0. The van der Waals surface area contributed by atoms with Crippen LogP contribution in [0.5, 0.6) is 0 Å². The molecule has 0 saturated carbocycles. The van der Waals surface area contributed by atoms with Crippen LogP contribution in [0.3, 0.4) is 0 Å². The number of benzene rings is 1. The molecule has 0 aromatic heterocycles. The Morgan fingerprint density at radius 3 is 2.54 bits per heavy atom. The van der Waals surface area contributed by atoms with Crippen molar-refractivity contribution in [2.75, 3.05) is 6.61 Å². The summed E-state index contributed by atoms with van der Waals surface area (Å²) in [5.74, 6) is -0.741. The second kappa shape index (κ2) is 10.4. The summed E-state index contributed by atoms with van der Waals surface area (Å²) in [5.41, 5.74) is 7.30. The number of ether oxygens (including phenoxy) is 2. The molecular weight excluding hydrogens is 309 g/mol. The van der Waals surface area contributed by atoms with Gasteiger partial charge < -0.3 is 15.2 Å². The van der Waals surface area contributed by atoms with Gasteiger partial charge in [0.05, 0.1) is 13.0 Å². The van der Waals surface area contributed by atoms with Crippen molar-refractivity contribution in [1.29, 1.82) is 0 Å². The Morgan fingerprint density at radius 2 is 1.96 bits per heavy atom. The van der Waals surface area contributed by atoms with Gasteiger partial charge in [0, 0.05) is 6.04 Å². The number of esters is 1. The fourth-order valence-corrected chi connectivity index (χ4v) is 1.83. The van der Waals surface area contributed by atoms with Crippen molar-refractivity contribution in [3.63, 3.8) is 0 Å². The van der Waals surface area contributed by atoms with E-state index >= 15 is 0 Å². The van der Waals surface area contributed by atoms with Gasteiger partial charge in [-0.3, -0.25) is 4.79 Å². The van der Waals surface area contributed by atoms with Gasteiger partial charge >= 0.3 is 5.97 Å². The second-order valence-electron chi connectivity index (χ2n) is 5.20. The Kier molecular flexibility index (Phi) is 8.50. The third kappa shape index (κ3) is 7.24. The summed E-state index contributed by atoms with van der Waals surface area (Å²) in [6, 6.07) is 8.87. The highest BCUT2D eigenvalue weighted by Gasteiger charge is 2.12. The maximum absolute atomic E-state index is 13.6. The second-order valence-corrected chi connectivity index (χ2v) is 5.20. The molecule has 1 aromatic carbocycles. The van der Waals surface area contributed by atoms with E-state index in [9.17, 15) is 9.18 Å². The van der Waals surface area contributed by atoms with Crippen molar-refractivity contribution in [2.24, 2.45) is 5.73 Å². The van der Waals surface area contributed by atoms with E-state index in [1.807, 2.05) is 30.3 Å². The van der Waals surface area contributed by atoms with Crippen molar-refractivity contribution < 1.29 is 18.7 Å². The predicted octanol–water partition coefficient (Wildman–Crippen LogP) is 3.80. The Hall–Kier alpha value is -2.40. The zero-order valence-electron chi connectivity index (χ0n) is 14.1. The van der Waals surface area contributed by atoms with Gasteiger partial charge in [-0.05, 0) is 31.1 Å². The molecule has 0 heterocycles. The van der Waals surface area contributed by atoms with Crippen molar-refractivity contribution in [3.8, 4) is 0 Å². The average molecular weight is 333 g/mol. The minimum atomic E-state index is -0.587. The molecule has 1 aromatic rings. The highest BCUT2D eigenvalue weighted by atomic mass is 19.1. The Labute approximate surface area is 142 Å². The lowest BCUT2D eigenvalue weighted by atomic mass is 10.1. The van der Waals surface area contributed by atoms with E-state index in [0.29, 0.717) is 12.2 Å². The van der Waals surface area contributed by atoms with Crippen molar-refractivity contribution in [1.82, 2.24) is 0 Å². The van der Waals surface area contributed by atoms with E-state index in [-0.39, 0.29) is 18.8 Å². The molecule has 4 nitrogen and oxygen atoms in total. The molecule has 0 aliphatic rings. The SMILES string of the molecule is C=C(/C=C\C(OCc1ccccc1)=C(/C)F)[C@@H](N)CC(=O)OCC. The molecule has 0 spiro atoms. The van der Waals surface area contributed by atoms with E-state index in [2.05, 4.69) is 6.58 Å². The van der Waals surface area contributed by atoms with Gasteiger partial charge in [0.25, 0.3) is 0 Å². The zero-order valence-corrected chi connectivity index (χ0v) is 14.1. The Balaban J connectivity index is 2.61. The van der Waals surface area contributed by atoms with Crippen LogP contribution in [-0.2, 0) is 20.9 Å². The molecule has 2 N–H and O–H groups in total. The molecule has 1 rings (SSSR count). The van der Waals surface area contributed by atoms with Crippen LogP contribution in [0.25, 0.3) is 0 Å². The summed E-state index contributed by atoms with van der Waals surface area (Å²) < 4.78 is 23.9. The molecular formula is C19H24FNO3. The maximum Gasteiger partial charge on any atom is 0.307 e. The summed E-state index contributed by atoms with van der Waals surface area (Å²) in [7, 11) is 0. The van der Waals surface area contributed by atoms with Crippen molar-refractivity contribution in [3.05, 3.63) is 71.8 Å². The van der Waals surface area contributed by atoms with Gasteiger partial charge in [-0.25, -0.2) is 4.39 Å². The number of rotatable bonds is 9. The minimum Gasteiger partial charge on any atom is -0.486 e. The summed E-state index contributed by atoms with van der Waals surface area (Å²) in [6.07, 6.45) is 3.04. The standard InChI is InChI=1S/C19H24FNO3/c1-4-23-19(22)12-17(21)14(2)10-11-18(15(3)20)24-13-16-8-6-5-7-9-16/h5-11,17H,2,4,12-13,21H2,1,3H3/b11-10-,18-15-/t17-/m0/s1. The molecule has 5 heteroatoms. The third-order valence-corrected chi connectivity index (χ3v) is 3.19. The van der Waals surface area contributed by atoms with Crippen LogP contribution in [0.15, 0.2) is 66.2 Å². The molecule has 0 fully saturated rings. The minimum absolute atomic E-state index is 0.0234. The van der Waals surface area contributed by atoms with Crippen molar-refractivity contribution in [2.45, 2.75) is 32.9 Å². The maximum atomic E-state index is 13.6. The van der Waals surface area contributed by atoms with Gasteiger partial charge in [0.15, 0.2) is 5.76 Å². The largest absolute Gasteiger partial charge is 0.486 e. The number of nitrogens with two attached hydrogens (primary N) is 1. The first-order valence-corrected chi connectivity index (χ1v) is 7.75. The number of hydrogen-bond donors (Lipinski definition) is 1. The lowest BCUT2D eigenvalue weighted by molar-refractivity contribution is -0.143. The van der Waals surface area contributed by atoms with Crippen LogP contribution in [-0.4, -0.2) is 18.6 Å². The normalized spacial score (nSPS) is 13.3.